The van der Waals surface area contributed by atoms with Gasteiger partial charge in [0, 0.05) is 5.69 Å². The molecule has 0 heterocycles. The number of hydrogen-bond donors (Lipinski definition) is 2. The van der Waals surface area contributed by atoms with Crippen LogP contribution < -0.4 is 10.6 Å². The summed E-state index contributed by atoms with van der Waals surface area (Å²) in [4.78, 5) is 25.8. The summed E-state index contributed by atoms with van der Waals surface area (Å²) < 4.78 is 13.8. The maximum absolute atomic E-state index is 13.8. The van der Waals surface area contributed by atoms with E-state index in [1.807, 2.05) is 32.0 Å². The van der Waals surface area contributed by atoms with Gasteiger partial charge in [-0.15, -0.1) is 0 Å². The predicted octanol–water partition coefficient (Wildman–Crippen LogP) is 3.26. The molecule has 0 aromatic heterocycles. The number of halogens is 1. The van der Waals surface area contributed by atoms with E-state index in [9.17, 15) is 14.0 Å². The zero-order valence-electron chi connectivity index (χ0n) is 15.5. The number of carbonyl (C=O) groups excluding carboxylic acids is 2. The van der Waals surface area contributed by atoms with Crippen LogP contribution in [0.3, 0.4) is 0 Å². The van der Waals surface area contributed by atoms with Crippen LogP contribution in [0.4, 0.5) is 15.8 Å². The van der Waals surface area contributed by atoms with Gasteiger partial charge in [-0.1, -0.05) is 24.3 Å². The van der Waals surface area contributed by atoms with Crippen molar-refractivity contribution in [1.82, 2.24) is 4.90 Å². The van der Waals surface area contributed by atoms with Gasteiger partial charge in [-0.3, -0.25) is 14.5 Å². The predicted molar refractivity (Wildman–Crippen MR) is 102 cm³/mol. The fourth-order valence-corrected chi connectivity index (χ4v) is 2.65. The van der Waals surface area contributed by atoms with E-state index in [4.69, 9.17) is 0 Å². The third-order valence-electron chi connectivity index (χ3n) is 3.97. The van der Waals surface area contributed by atoms with E-state index in [0.29, 0.717) is 0 Å². The Morgan fingerprint density at radius 2 is 1.54 bits per heavy atom. The molecule has 138 valence electrons. The van der Waals surface area contributed by atoms with Gasteiger partial charge < -0.3 is 10.6 Å². The van der Waals surface area contributed by atoms with Crippen molar-refractivity contribution in [3.8, 4) is 0 Å². The van der Waals surface area contributed by atoms with Gasteiger partial charge in [-0.2, -0.15) is 0 Å². The Hall–Kier alpha value is -2.73. The summed E-state index contributed by atoms with van der Waals surface area (Å²) in [6.07, 6.45) is 0. The van der Waals surface area contributed by atoms with Crippen LogP contribution in [0.25, 0.3) is 0 Å². The van der Waals surface area contributed by atoms with Crippen LogP contribution in [0.15, 0.2) is 36.4 Å². The van der Waals surface area contributed by atoms with Crippen molar-refractivity contribution in [2.24, 2.45) is 0 Å². The minimum Gasteiger partial charge on any atom is -0.324 e. The van der Waals surface area contributed by atoms with E-state index in [0.717, 1.165) is 22.4 Å². The molecule has 0 radical (unpaired) electrons. The first-order valence-electron chi connectivity index (χ1n) is 8.37. The van der Waals surface area contributed by atoms with Gasteiger partial charge in [0.1, 0.15) is 5.82 Å². The first-order chi connectivity index (χ1) is 12.3. The highest BCUT2D eigenvalue weighted by Crippen LogP contribution is 2.19. The Labute approximate surface area is 153 Å². The second-order valence-electron chi connectivity index (χ2n) is 6.52. The molecule has 2 aromatic rings. The topological polar surface area (TPSA) is 61.4 Å². The Balaban J connectivity index is 1.88. The molecule has 0 atom stereocenters. The molecule has 0 spiro atoms. The van der Waals surface area contributed by atoms with E-state index in [1.165, 1.54) is 12.1 Å². The Kier molecular flexibility index (Phi) is 6.46. The lowest BCUT2D eigenvalue weighted by molar-refractivity contribution is -0.119. The molecule has 0 aliphatic heterocycles. The summed E-state index contributed by atoms with van der Waals surface area (Å²) in [6, 6.07) is 10.4. The lowest BCUT2D eigenvalue weighted by atomic mass is 10.1. The summed E-state index contributed by atoms with van der Waals surface area (Å²) >= 11 is 0. The van der Waals surface area contributed by atoms with Crippen LogP contribution in [-0.4, -0.2) is 36.9 Å². The number of aryl methyl sites for hydroxylation is 3. The Bertz CT molecular complexity index is 800. The molecule has 0 aliphatic rings. The number of para-hydroxylation sites is 1. The van der Waals surface area contributed by atoms with Gasteiger partial charge >= 0.3 is 0 Å². The molecule has 2 rings (SSSR count). The first kappa shape index (κ1) is 19.6. The van der Waals surface area contributed by atoms with Gasteiger partial charge in [0.05, 0.1) is 18.8 Å². The van der Waals surface area contributed by atoms with Gasteiger partial charge in [-0.25, -0.2) is 4.39 Å². The fourth-order valence-electron chi connectivity index (χ4n) is 2.65. The standard InChI is InChI=1S/C20H24FN3O2/c1-13-8-9-17(16(21)10-13)22-18(25)11-24(4)12-19(26)23-20-14(2)6-5-7-15(20)3/h5-10H,11-12H2,1-4H3,(H,22,25)(H,23,26). The van der Waals surface area contributed by atoms with Gasteiger partial charge in [0.15, 0.2) is 0 Å². The van der Waals surface area contributed by atoms with Gasteiger partial charge in [-0.05, 0) is 56.6 Å². The molecular weight excluding hydrogens is 333 g/mol. The number of rotatable bonds is 6. The van der Waals surface area contributed by atoms with Crippen LogP contribution in [-0.2, 0) is 9.59 Å². The Morgan fingerprint density at radius 1 is 0.962 bits per heavy atom. The molecule has 0 fully saturated rings. The Morgan fingerprint density at radius 3 is 2.12 bits per heavy atom. The molecule has 26 heavy (non-hydrogen) atoms. The SMILES string of the molecule is Cc1ccc(NC(=O)CN(C)CC(=O)Nc2c(C)cccc2C)c(F)c1. The molecule has 0 unspecified atom stereocenters. The number of benzene rings is 2. The molecule has 0 saturated carbocycles. The second kappa shape index (κ2) is 8.58. The quantitative estimate of drug-likeness (QED) is 0.834. The van der Waals surface area contributed by atoms with Crippen molar-refractivity contribution in [3.63, 3.8) is 0 Å². The first-order valence-corrected chi connectivity index (χ1v) is 8.37. The minimum atomic E-state index is -0.478. The van der Waals surface area contributed by atoms with Crippen molar-refractivity contribution in [1.29, 1.82) is 0 Å². The van der Waals surface area contributed by atoms with Crippen molar-refractivity contribution in [3.05, 3.63) is 58.9 Å². The maximum atomic E-state index is 13.8. The third kappa shape index (κ3) is 5.39. The van der Waals surface area contributed by atoms with Crippen molar-refractivity contribution in [2.45, 2.75) is 20.8 Å². The number of anilines is 2. The van der Waals surface area contributed by atoms with Crippen LogP contribution >= 0.6 is 0 Å². The van der Waals surface area contributed by atoms with E-state index >= 15 is 0 Å². The molecular formula is C20H24FN3O2. The molecule has 0 saturated heterocycles. The van der Waals surface area contributed by atoms with Crippen LogP contribution in [0.2, 0.25) is 0 Å². The van der Waals surface area contributed by atoms with E-state index in [2.05, 4.69) is 10.6 Å². The lowest BCUT2D eigenvalue weighted by Crippen LogP contribution is -2.36. The van der Waals surface area contributed by atoms with Crippen molar-refractivity contribution < 1.29 is 14.0 Å². The van der Waals surface area contributed by atoms with E-state index in [1.54, 1.807) is 24.9 Å². The molecule has 0 aliphatic carbocycles. The minimum absolute atomic E-state index is 0.0203. The zero-order chi connectivity index (χ0) is 19.3. The fraction of sp³-hybridized carbons (Fsp3) is 0.300. The third-order valence-corrected chi connectivity index (χ3v) is 3.97. The zero-order valence-corrected chi connectivity index (χ0v) is 15.5. The van der Waals surface area contributed by atoms with E-state index in [-0.39, 0.29) is 30.6 Å². The summed E-state index contributed by atoms with van der Waals surface area (Å²) in [5.41, 5.74) is 3.66. The monoisotopic (exact) mass is 357 g/mol. The van der Waals surface area contributed by atoms with Crippen LogP contribution in [0.5, 0.6) is 0 Å². The highest BCUT2D eigenvalue weighted by atomic mass is 19.1. The average molecular weight is 357 g/mol. The number of hydrogen-bond acceptors (Lipinski definition) is 3. The second-order valence-corrected chi connectivity index (χ2v) is 6.52. The highest BCUT2D eigenvalue weighted by molar-refractivity contribution is 5.95. The number of nitrogens with zero attached hydrogens (tertiary/aromatic N) is 1. The van der Waals surface area contributed by atoms with Crippen LogP contribution in [0, 0.1) is 26.6 Å². The van der Waals surface area contributed by atoms with Crippen molar-refractivity contribution in [2.75, 3.05) is 30.8 Å². The molecule has 5 nitrogen and oxygen atoms in total. The summed E-state index contributed by atoms with van der Waals surface area (Å²) in [7, 11) is 1.66. The maximum Gasteiger partial charge on any atom is 0.238 e. The number of likely N-dealkylation sites (N-methyl/N-ethyl adjacent to an activating group) is 1. The molecule has 2 aromatic carbocycles. The summed E-state index contributed by atoms with van der Waals surface area (Å²) in [5.74, 6) is -1.07. The van der Waals surface area contributed by atoms with Gasteiger partial charge in [0.25, 0.3) is 0 Å². The number of carbonyl (C=O) groups is 2. The normalized spacial score (nSPS) is 10.7. The smallest absolute Gasteiger partial charge is 0.238 e. The molecule has 2 amide bonds. The lowest BCUT2D eigenvalue weighted by Gasteiger charge is -2.17. The van der Waals surface area contributed by atoms with Crippen LogP contribution in [0.1, 0.15) is 16.7 Å². The average Bonchev–Trinajstić information content (AvgIpc) is 2.53. The van der Waals surface area contributed by atoms with Gasteiger partial charge in [0.2, 0.25) is 11.8 Å². The summed E-state index contributed by atoms with van der Waals surface area (Å²) in [6.45, 7) is 5.66. The number of nitrogens with one attached hydrogen (secondary N) is 2. The molecule has 2 N–H and O–H groups in total. The largest absolute Gasteiger partial charge is 0.324 e. The van der Waals surface area contributed by atoms with Crippen molar-refractivity contribution >= 4 is 23.2 Å². The van der Waals surface area contributed by atoms with E-state index < -0.39 is 5.82 Å². The molecule has 6 heteroatoms. The summed E-state index contributed by atoms with van der Waals surface area (Å²) in [5, 5.41) is 5.40. The number of amides is 2. The highest BCUT2D eigenvalue weighted by Gasteiger charge is 2.14. The molecule has 0 bridgehead atoms.